The van der Waals surface area contributed by atoms with Gasteiger partial charge in [-0.25, -0.2) is 0 Å². The molecule has 2 aromatic rings. The van der Waals surface area contributed by atoms with Gasteiger partial charge in [-0.15, -0.1) is 0 Å². The Morgan fingerprint density at radius 1 is 1.26 bits per heavy atom. The number of nitriles is 1. The van der Waals surface area contributed by atoms with Crippen LogP contribution in [0.5, 0.6) is 0 Å². The van der Waals surface area contributed by atoms with Gasteiger partial charge in [0.1, 0.15) is 11.8 Å². The van der Waals surface area contributed by atoms with Crippen molar-refractivity contribution in [3.63, 3.8) is 0 Å². The van der Waals surface area contributed by atoms with E-state index in [-0.39, 0.29) is 12.5 Å². The second-order valence-corrected chi connectivity index (χ2v) is 3.87. The van der Waals surface area contributed by atoms with Crippen LogP contribution in [0.25, 0.3) is 0 Å². The maximum absolute atomic E-state index is 11.6. The lowest BCUT2D eigenvalue weighted by molar-refractivity contribution is -0.119. The molecule has 1 heterocycles. The van der Waals surface area contributed by atoms with Crippen LogP contribution in [0.4, 0.5) is 5.69 Å². The minimum absolute atomic E-state index is 0.111. The Balaban J connectivity index is 1.82. The van der Waals surface area contributed by atoms with Crippen molar-refractivity contribution in [3.05, 3.63) is 54.0 Å². The fraction of sp³-hybridized carbons (Fsp3) is 0.143. The van der Waals surface area contributed by atoms with Gasteiger partial charge in [0.25, 0.3) is 0 Å². The predicted octanol–water partition coefficient (Wildman–Crippen LogP) is 1.88. The number of nitrogens with one attached hydrogen (secondary N) is 2. The number of anilines is 1. The molecule has 0 aliphatic carbocycles. The van der Waals surface area contributed by atoms with Crippen LogP contribution in [-0.2, 0) is 11.3 Å². The summed E-state index contributed by atoms with van der Waals surface area (Å²) in [6, 6.07) is 12.7. The Kier molecular flexibility index (Phi) is 4.19. The van der Waals surface area contributed by atoms with Gasteiger partial charge in [0.15, 0.2) is 0 Å². The lowest BCUT2D eigenvalue weighted by Gasteiger charge is -2.08. The third-order valence-corrected chi connectivity index (χ3v) is 2.53. The van der Waals surface area contributed by atoms with Crippen LogP contribution in [0.3, 0.4) is 0 Å². The molecule has 1 aromatic carbocycles. The van der Waals surface area contributed by atoms with Crippen molar-refractivity contribution >= 4 is 11.6 Å². The zero-order valence-electron chi connectivity index (χ0n) is 10.2. The molecule has 5 heteroatoms. The van der Waals surface area contributed by atoms with E-state index >= 15 is 0 Å². The Morgan fingerprint density at radius 3 is 2.84 bits per heavy atom. The van der Waals surface area contributed by atoms with Crippen LogP contribution < -0.4 is 10.6 Å². The Bertz CT molecular complexity index is 585. The van der Waals surface area contributed by atoms with Crippen molar-refractivity contribution in [2.45, 2.75) is 6.54 Å². The number of nitrogens with zero attached hydrogens (tertiary/aromatic N) is 1. The summed E-state index contributed by atoms with van der Waals surface area (Å²) in [4.78, 5) is 11.6. The molecule has 1 aromatic heterocycles. The maximum Gasteiger partial charge on any atom is 0.239 e. The van der Waals surface area contributed by atoms with Gasteiger partial charge in [-0.05, 0) is 24.3 Å². The third-order valence-electron chi connectivity index (χ3n) is 2.53. The van der Waals surface area contributed by atoms with Crippen LogP contribution in [0.1, 0.15) is 11.3 Å². The Morgan fingerprint density at radius 2 is 2.11 bits per heavy atom. The highest BCUT2D eigenvalue weighted by Gasteiger charge is 2.04. The normalized spacial score (nSPS) is 9.63. The summed E-state index contributed by atoms with van der Waals surface area (Å²) in [5, 5.41) is 14.6. The fourth-order valence-corrected chi connectivity index (χ4v) is 1.57. The minimum Gasteiger partial charge on any atom is -0.467 e. The quantitative estimate of drug-likeness (QED) is 0.855. The van der Waals surface area contributed by atoms with Crippen molar-refractivity contribution in [2.24, 2.45) is 0 Å². The first-order chi connectivity index (χ1) is 9.29. The number of rotatable bonds is 5. The van der Waals surface area contributed by atoms with Crippen molar-refractivity contribution < 1.29 is 9.21 Å². The zero-order valence-corrected chi connectivity index (χ0v) is 10.2. The van der Waals surface area contributed by atoms with E-state index in [4.69, 9.17) is 9.68 Å². The summed E-state index contributed by atoms with van der Waals surface area (Å²) >= 11 is 0. The first kappa shape index (κ1) is 12.7. The molecule has 0 atom stereocenters. The molecule has 96 valence electrons. The van der Waals surface area contributed by atoms with E-state index in [1.807, 2.05) is 6.07 Å². The predicted molar refractivity (Wildman–Crippen MR) is 70.2 cm³/mol. The topological polar surface area (TPSA) is 78.1 Å². The molecule has 0 spiro atoms. The molecule has 0 aliphatic rings. The molecule has 0 fully saturated rings. The number of benzene rings is 1. The zero-order chi connectivity index (χ0) is 13.5. The van der Waals surface area contributed by atoms with Gasteiger partial charge in [-0.3, -0.25) is 4.79 Å². The highest BCUT2D eigenvalue weighted by molar-refractivity contribution is 5.81. The van der Waals surface area contributed by atoms with Gasteiger partial charge >= 0.3 is 0 Å². The summed E-state index contributed by atoms with van der Waals surface area (Å²) in [6.45, 7) is 0.465. The maximum atomic E-state index is 11.6. The second-order valence-electron chi connectivity index (χ2n) is 3.87. The average molecular weight is 255 g/mol. The molecule has 0 bridgehead atoms. The fourth-order valence-electron chi connectivity index (χ4n) is 1.57. The molecule has 19 heavy (non-hydrogen) atoms. The summed E-state index contributed by atoms with van der Waals surface area (Å²) in [6.07, 6.45) is 1.56. The number of amides is 1. The minimum atomic E-state index is -0.163. The van der Waals surface area contributed by atoms with E-state index < -0.39 is 0 Å². The lowest BCUT2D eigenvalue weighted by atomic mass is 10.2. The molecule has 5 nitrogen and oxygen atoms in total. The Labute approximate surface area is 110 Å². The van der Waals surface area contributed by atoms with Gasteiger partial charge in [0, 0.05) is 0 Å². The smallest absolute Gasteiger partial charge is 0.239 e. The van der Waals surface area contributed by atoms with Crippen LogP contribution >= 0.6 is 0 Å². The molecule has 2 N–H and O–H groups in total. The van der Waals surface area contributed by atoms with Gasteiger partial charge in [-0.2, -0.15) is 5.26 Å². The number of para-hydroxylation sites is 1. The van der Waals surface area contributed by atoms with E-state index in [9.17, 15) is 4.79 Å². The van der Waals surface area contributed by atoms with Crippen LogP contribution in [-0.4, -0.2) is 12.5 Å². The molecular formula is C14H13N3O2. The van der Waals surface area contributed by atoms with Gasteiger partial charge in [0.2, 0.25) is 5.91 Å². The van der Waals surface area contributed by atoms with E-state index in [1.165, 1.54) is 0 Å². The molecule has 0 radical (unpaired) electrons. The largest absolute Gasteiger partial charge is 0.467 e. The van der Waals surface area contributed by atoms with Crippen LogP contribution in [0.15, 0.2) is 47.1 Å². The van der Waals surface area contributed by atoms with Crippen molar-refractivity contribution in [3.8, 4) is 6.07 Å². The molecule has 2 rings (SSSR count). The van der Waals surface area contributed by atoms with E-state index in [0.717, 1.165) is 0 Å². The van der Waals surface area contributed by atoms with E-state index in [1.54, 1.807) is 36.6 Å². The molecular weight excluding hydrogens is 242 g/mol. The van der Waals surface area contributed by atoms with E-state index in [2.05, 4.69) is 16.7 Å². The molecule has 0 aliphatic heterocycles. The Hall–Kier alpha value is -2.74. The molecule has 0 saturated heterocycles. The van der Waals surface area contributed by atoms with Crippen LogP contribution in [0, 0.1) is 11.3 Å². The monoisotopic (exact) mass is 255 g/mol. The molecule has 0 saturated carbocycles. The summed E-state index contributed by atoms with van der Waals surface area (Å²) in [5.74, 6) is 0.537. The van der Waals surface area contributed by atoms with Gasteiger partial charge in [0.05, 0.1) is 30.6 Å². The third kappa shape index (κ3) is 3.61. The summed E-state index contributed by atoms with van der Waals surface area (Å²) in [5.41, 5.74) is 1.17. The van der Waals surface area contributed by atoms with Crippen molar-refractivity contribution in [1.29, 1.82) is 5.26 Å². The number of carbonyl (C=O) groups is 1. The highest BCUT2D eigenvalue weighted by atomic mass is 16.3. The summed E-state index contributed by atoms with van der Waals surface area (Å²) < 4.78 is 5.10. The van der Waals surface area contributed by atoms with Crippen molar-refractivity contribution in [1.82, 2.24) is 5.32 Å². The lowest BCUT2D eigenvalue weighted by Crippen LogP contribution is -2.29. The number of carbonyl (C=O) groups excluding carboxylic acids is 1. The standard InChI is InChI=1S/C14H13N3O2/c15-8-11-4-1-2-6-13(11)16-10-14(18)17-9-12-5-3-7-19-12/h1-7,16H,9-10H2,(H,17,18). The van der Waals surface area contributed by atoms with Crippen molar-refractivity contribution in [2.75, 3.05) is 11.9 Å². The summed E-state index contributed by atoms with van der Waals surface area (Å²) in [7, 11) is 0. The first-order valence-corrected chi connectivity index (χ1v) is 5.81. The number of hydrogen-bond acceptors (Lipinski definition) is 4. The molecule has 1 amide bonds. The number of hydrogen-bond donors (Lipinski definition) is 2. The molecule has 0 unspecified atom stereocenters. The number of furan rings is 1. The van der Waals surface area contributed by atoms with E-state index in [0.29, 0.717) is 23.6 Å². The first-order valence-electron chi connectivity index (χ1n) is 5.81. The highest BCUT2D eigenvalue weighted by Crippen LogP contribution is 2.12. The van der Waals surface area contributed by atoms with Gasteiger partial charge in [-0.1, -0.05) is 12.1 Å². The average Bonchev–Trinajstić information content (AvgIpc) is 2.96. The SMILES string of the molecule is N#Cc1ccccc1NCC(=O)NCc1ccco1. The second kappa shape index (κ2) is 6.26. The van der Waals surface area contributed by atoms with Gasteiger partial charge < -0.3 is 15.1 Å². The van der Waals surface area contributed by atoms with Crippen LogP contribution in [0.2, 0.25) is 0 Å².